The van der Waals surface area contributed by atoms with Gasteiger partial charge in [0.25, 0.3) is 0 Å². The fourth-order valence-electron chi connectivity index (χ4n) is 2.49. The summed E-state index contributed by atoms with van der Waals surface area (Å²) in [6, 6.07) is 11.7. The second kappa shape index (κ2) is 6.97. The Hall–Kier alpha value is -2.47. The van der Waals surface area contributed by atoms with Gasteiger partial charge in [-0.3, -0.25) is 4.79 Å². The van der Waals surface area contributed by atoms with Gasteiger partial charge in [-0.25, -0.2) is 4.68 Å². The predicted octanol–water partition coefficient (Wildman–Crippen LogP) is 4.12. The molecular weight excluding hydrogens is 322 g/mol. The Morgan fingerprint density at radius 1 is 1.21 bits per heavy atom. The third-order valence-electron chi connectivity index (χ3n) is 3.73. The molecule has 1 amide bonds. The standard InChI is InChI=1S/C18H19N3O2S/c1-12-18(13(2)21(20-12)15-7-5-4-6-8-15)19-17(22)11-24-16-9-10-23-14(16)3/h4-10H,11H2,1-3H3,(H,19,22). The smallest absolute Gasteiger partial charge is 0.234 e. The molecule has 5 nitrogen and oxygen atoms in total. The van der Waals surface area contributed by atoms with E-state index in [0.29, 0.717) is 5.75 Å². The highest BCUT2D eigenvalue weighted by Gasteiger charge is 2.15. The molecule has 124 valence electrons. The highest BCUT2D eigenvalue weighted by Crippen LogP contribution is 2.25. The first-order valence-electron chi connectivity index (χ1n) is 7.64. The molecule has 0 aliphatic rings. The van der Waals surface area contributed by atoms with Crippen LogP contribution in [0.3, 0.4) is 0 Å². The van der Waals surface area contributed by atoms with E-state index in [9.17, 15) is 4.79 Å². The van der Waals surface area contributed by atoms with E-state index in [0.717, 1.165) is 33.4 Å². The Kier molecular flexibility index (Phi) is 4.76. The zero-order valence-electron chi connectivity index (χ0n) is 13.9. The minimum absolute atomic E-state index is 0.0561. The number of thioether (sulfide) groups is 1. The maximum Gasteiger partial charge on any atom is 0.234 e. The molecule has 0 bridgehead atoms. The van der Waals surface area contributed by atoms with Gasteiger partial charge in [-0.1, -0.05) is 18.2 Å². The lowest BCUT2D eigenvalue weighted by molar-refractivity contribution is -0.113. The maximum absolute atomic E-state index is 12.3. The zero-order chi connectivity index (χ0) is 17.1. The van der Waals surface area contributed by atoms with Gasteiger partial charge in [0.2, 0.25) is 5.91 Å². The van der Waals surface area contributed by atoms with E-state index in [4.69, 9.17) is 4.42 Å². The molecule has 0 spiro atoms. The second-order valence-electron chi connectivity index (χ2n) is 5.47. The number of hydrogen-bond donors (Lipinski definition) is 1. The van der Waals surface area contributed by atoms with Gasteiger partial charge in [-0.15, -0.1) is 11.8 Å². The fourth-order valence-corrected chi connectivity index (χ4v) is 3.25. The Morgan fingerprint density at radius 3 is 2.62 bits per heavy atom. The van der Waals surface area contributed by atoms with Crippen LogP contribution < -0.4 is 5.32 Å². The van der Waals surface area contributed by atoms with Gasteiger partial charge in [0.1, 0.15) is 5.76 Å². The topological polar surface area (TPSA) is 60.1 Å². The van der Waals surface area contributed by atoms with Crippen molar-refractivity contribution in [3.05, 3.63) is 59.8 Å². The summed E-state index contributed by atoms with van der Waals surface area (Å²) in [6.45, 7) is 5.74. The van der Waals surface area contributed by atoms with Gasteiger partial charge >= 0.3 is 0 Å². The summed E-state index contributed by atoms with van der Waals surface area (Å²) in [6.07, 6.45) is 1.63. The first kappa shape index (κ1) is 16.4. The largest absolute Gasteiger partial charge is 0.468 e. The van der Waals surface area contributed by atoms with Crippen molar-refractivity contribution in [2.24, 2.45) is 0 Å². The SMILES string of the molecule is Cc1nn(-c2ccccc2)c(C)c1NC(=O)CSc1ccoc1C. The van der Waals surface area contributed by atoms with Gasteiger partial charge in [0.05, 0.1) is 34.8 Å². The molecule has 1 N–H and O–H groups in total. The monoisotopic (exact) mass is 341 g/mol. The lowest BCUT2D eigenvalue weighted by Gasteiger charge is -2.07. The van der Waals surface area contributed by atoms with Gasteiger partial charge in [0, 0.05) is 4.90 Å². The Labute approximate surface area is 145 Å². The number of rotatable bonds is 5. The summed E-state index contributed by atoms with van der Waals surface area (Å²) in [7, 11) is 0. The van der Waals surface area contributed by atoms with Gasteiger partial charge in [0.15, 0.2) is 0 Å². The molecule has 0 atom stereocenters. The highest BCUT2D eigenvalue weighted by atomic mass is 32.2. The molecule has 0 fully saturated rings. The van der Waals surface area contributed by atoms with Crippen LogP contribution in [-0.2, 0) is 4.79 Å². The van der Waals surface area contributed by atoms with Crippen molar-refractivity contribution in [2.75, 3.05) is 11.1 Å². The maximum atomic E-state index is 12.3. The number of anilines is 1. The van der Waals surface area contributed by atoms with E-state index in [1.807, 2.05) is 61.9 Å². The van der Waals surface area contributed by atoms with E-state index >= 15 is 0 Å². The zero-order valence-corrected chi connectivity index (χ0v) is 14.7. The summed E-state index contributed by atoms with van der Waals surface area (Å²) >= 11 is 1.46. The normalized spacial score (nSPS) is 10.8. The van der Waals surface area contributed by atoms with Crippen LogP contribution in [0.5, 0.6) is 0 Å². The van der Waals surface area contributed by atoms with Crippen LogP contribution in [0.25, 0.3) is 5.69 Å². The van der Waals surface area contributed by atoms with E-state index in [1.54, 1.807) is 6.26 Å². The average Bonchev–Trinajstić information content (AvgIpc) is 3.11. The minimum atomic E-state index is -0.0561. The number of para-hydroxylation sites is 1. The van der Waals surface area contributed by atoms with Crippen LogP contribution in [0.1, 0.15) is 17.1 Å². The summed E-state index contributed by atoms with van der Waals surface area (Å²) in [5.41, 5.74) is 3.46. The van der Waals surface area contributed by atoms with E-state index < -0.39 is 0 Å². The lowest BCUT2D eigenvalue weighted by atomic mass is 10.3. The van der Waals surface area contributed by atoms with Crippen LogP contribution in [0.15, 0.2) is 52.0 Å². The molecule has 1 aromatic carbocycles. The van der Waals surface area contributed by atoms with E-state index in [-0.39, 0.29) is 5.91 Å². The second-order valence-corrected chi connectivity index (χ2v) is 6.49. The molecule has 3 rings (SSSR count). The molecule has 2 aromatic heterocycles. The van der Waals surface area contributed by atoms with Gasteiger partial charge in [-0.2, -0.15) is 5.10 Å². The average molecular weight is 341 g/mol. The molecule has 6 heteroatoms. The van der Waals surface area contributed by atoms with Crippen molar-refractivity contribution in [3.8, 4) is 5.69 Å². The number of nitrogens with one attached hydrogen (secondary N) is 1. The molecule has 0 saturated carbocycles. The third kappa shape index (κ3) is 3.38. The number of benzene rings is 1. The van der Waals surface area contributed by atoms with Crippen molar-refractivity contribution >= 4 is 23.4 Å². The molecule has 24 heavy (non-hydrogen) atoms. The number of nitrogens with zero attached hydrogens (tertiary/aromatic N) is 2. The predicted molar refractivity (Wildman–Crippen MR) is 95.8 cm³/mol. The Morgan fingerprint density at radius 2 is 1.96 bits per heavy atom. The van der Waals surface area contributed by atoms with Crippen molar-refractivity contribution < 1.29 is 9.21 Å². The van der Waals surface area contributed by atoms with Crippen LogP contribution in [0.4, 0.5) is 5.69 Å². The molecule has 0 aliphatic heterocycles. The summed E-state index contributed by atoms with van der Waals surface area (Å²) in [5, 5.41) is 7.51. The molecule has 0 saturated heterocycles. The lowest BCUT2D eigenvalue weighted by Crippen LogP contribution is -2.15. The van der Waals surface area contributed by atoms with Crippen LogP contribution in [0, 0.1) is 20.8 Å². The molecule has 0 unspecified atom stereocenters. The minimum Gasteiger partial charge on any atom is -0.468 e. The number of aryl methyl sites for hydroxylation is 2. The van der Waals surface area contributed by atoms with Crippen molar-refractivity contribution in [2.45, 2.75) is 25.7 Å². The van der Waals surface area contributed by atoms with Crippen molar-refractivity contribution in [3.63, 3.8) is 0 Å². The Balaban J connectivity index is 1.72. The molecule has 0 aliphatic carbocycles. The fraction of sp³-hybridized carbons (Fsp3) is 0.222. The quantitative estimate of drug-likeness (QED) is 0.709. The number of aromatic nitrogens is 2. The number of amides is 1. The van der Waals surface area contributed by atoms with Gasteiger partial charge in [-0.05, 0) is 39.0 Å². The van der Waals surface area contributed by atoms with Gasteiger partial charge < -0.3 is 9.73 Å². The van der Waals surface area contributed by atoms with Crippen LogP contribution in [-0.4, -0.2) is 21.4 Å². The highest BCUT2D eigenvalue weighted by molar-refractivity contribution is 8.00. The summed E-state index contributed by atoms with van der Waals surface area (Å²) in [5.74, 6) is 1.10. The summed E-state index contributed by atoms with van der Waals surface area (Å²) in [4.78, 5) is 13.3. The number of hydrogen-bond acceptors (Lipinski definition) is 4. The van der Waals surface area contributed by atoms with Crippen molar-refractivity contribution in [1.29, 1.82) is 0 Å². The number of furan rings is 1. The summed E-state index contributed by atoms with van der Waals surface area (Å²) < 4.78 is 7.09. The van der Waals surface area contributed by atoms with E-state index in [1.165, 1.54) is 11.8 Å². The molecule has 3 aromatic rings. The van der Waals surface area contributed by atoms with Crippen molar-refractivity contribution in [1.82, 2.24) is 9.78 Å². The first-order valence-corrected chi connectivity index (χ1v) is 8.63. The molecule has 2 heterocycles. The molecule has 0 radical (unpaired) electrons. The van der Waals surface area contributed by atoms with E-state index in [2.05, 4.69) is 10.4 Å². The van der Waals surface area contributed by atoms with Crippen LogP contribution >= 0.6 is 11.8 Å². The van der Waals surface area contributed by atoms with Crippen LogP contribution in [0.2, 0.25) is 0 Å². The first-order chi connectivity index (χ1) is 11.6. The molecular formula is C18H19N3O2S. The Bertz CT molecular complexity index is 853. The third-order valence-corrected chi connectivity index (χ3v) is 4.87. The number of carbonyl (C=O) groups is 1. The number of carbonyl (C=O) groups excluding carboxylic acids is 1.